The van der Waals surface area contributed by atoms with E-state index >= 15 is 0 Å². The lowest BCUT2D eigenvalue weighted by Gasteiger charge is -2.37. The lowest BCUT2D eigenvalue weighted by atomic mass is 9.93. The van der Waals surface area contributed by atoms with Crippen LogP contribution in [0.5, 0.6) is 0 Å². The number of pyridine rings is 1. The lowest BCUT2D eigenvalue weighted by Crippen LogP contribution is -2.42. The van der Waals surface area contributed by atoms with E-state index in [1.54, 1.807) is 13.2 Å². The van der Waals surface area contributed by atoms with E-state index in [0.717, 1.165) is 35.4 Å². The van der Waals surface area contributed by atoms with Crippen molar-refractivity contribution < 1.29 is 14.2 Å². The van der Waals surface area contributed by atoms with Crippen molar-refractivity contribution in [2.75, 3.05) is 25.1 Å². The van der Waals surface area contributed by atoms with E-state index < -0.39 is 5.60 Å². The fourth-order valence-corrected chi connectivity index (χ4v) is 2.95. The molecule has 2 aromatic rings. The number of nitrogens with zero attached hydrogens (tertiary/aromatic N) is 2. The van der Waals surface area contributed by atoms with Crippen molar-refractivity contribution in [3.05, 3.63) is 35.8 Å². The number of hydrogen-bond donors (Lipinski definition) is 1. The monoisotopic (exact) mass is 304 g/mol. The summed E-state index contributed by atoms with van der Waals surface area (Å²) < 4.78 is 18.8. The maximum absolute atomic E-state index is 13.6. The van der Waals surface area contributed by atoms with E-state index in [1.807, 2.05) is 13.0 Å². The highest BCUT2D eigenvalue weighted by Crippen LogP contribution is 2.32. The molecule has 2 heterocycles. The number of ether oxygens (including phenoxy) is 1. The minimum absolute atomic E-state index is 0.265. The van der Waals surface area contributed by atoms with Crippen molar-refractivity contribution in [2.45, 2.75) is 32.0 Å². The van der Waals surface area contributed by atoms with Gasteiger partial charge in [-0.3, -0.25) is 4.98 Å². The highest BCUT2D eigenvalue weighted by Gasteiger charge is 2.28. The van der Waals surface area contributed by atoms with Gasteiger partial charge in [0.05, 0.1) is 23.4 Å². The van der Waals surface area contributed by atoms with Crippen molar-refractivity contribution in [1.29, 1.82) is 0 Å². The van der Waals surface area contributed by atoms with E-state index in [0.29, 0.717) is 19.4 Å². The summed E-state index contributed by atoms with van der Waals surface area (Å²) in [5.41, 5.74) is 1.95. The molecule has 0 saturated carbocycles. The van der Waals surface area contributed by atoms with Gasteiger partial charge >= 0.3 is 0 Å². The summed E-state index contributed by atoms with van der Waals surface area (Å²) in [6.45, 7) is 3.78. The van der Waals surface area contributed by atoms with Crippen LogP contribution in [0.1, 0.15) is 25.5 Å². The number of benzene rings is 1. The van der Waals surface area contributed by atoms with E-state index in [1.165, 1.54) is 12.1 Å². The Morgan fingerprint density at radius 3 is 2.73 bits per heavy atom. The predicted octanol–water partition coefficient (Wildman–Crippen LogP) is 2.87. The quantitative estimate of drug-likeness (QED) is 0.947. The van der Waals surface area contributed by atoms with Crippen LogP contribution in [0.25, 0.3) is 10.9 Å². The summed E-state index contributed by atoms with van der Waals surface area (Å²) in [5, 5.41) is 10.9. The van der Waals surface area contributed by atoms with Gasteiger partial charge in [-0.05, 0) is 44.0 Å². The fourth-order valence-electron chi connectivity index (χ4n) is 2.95. The Hall–Kier alpha value is -1.72. The average molecular weight is 304 g/mol. The number of aliphatic hydroxyl groups is 1. The van der Waals surface area contributed by atoms with E-state index in [2.05, 4.69) is 9.88 Å². The second-order valence-electron chi connectivity index (χ2n) is 6.21. The molecule has 1 aromatic carbocycles. The van der Waals surface area contributed by atoms with Gasteiger partial charge in [0.1, 0.15) is 5.82 Å². The summed E-state index contributed by atoms with van der Waals surface area (Å²) >= 11 is 0. The largest absolute Gasteiger partial charge is 0.390 e. The van der Waals surface area contributed by atoms with Crippen LogP contribution in [0.15, 0.2) is 24.3 Å². The van der Waals surface area contributed by atoms with Gasteiger partial charge in [0.15, 0.2) is 0 Å². The molecule has 1 aliphatic rings. The first-order chi connectivity index (χ1) is 10.5. The lowest BCUT2D eigenvalue weighted by molar-refractivity contribution is 0.0352. The Morgan fingerprint density at radius 1 is 1.32 bits per heavy atom. The van der Waals surface area contributed by atoms with Crippen molar-refractivity contribution in [3.63, 3.8) is 0 Å². The molecule has 5 heteroatoms. The number of piperidine rings is 1. The molecule has 1 aromatic heterocycles. The zero-order valence-electron chi connectivity index (χ0n) is 13.0. The first-order valence-corrected chi connectivity index (χ1v) is 7.54. The SMILES string of the molecule is COCc1cc(N2CCC(C)(O)CC2)c2cc(F)ccc2n1. The van der Waals surface area contributed by atoms with Crippen molar-refractivity contribution in [1.82, 2.24) is 4.98 Å². The Kier molecular flexibility index (Phi) is 4.02. The van der Waals surface area contributed by atoms with Crippen molar-refractivity contribution in [3.8, 4) is 0 Å². The number of halogens is 1. The summed E-state index contributed by atoms with van der Waals surface area (Å²) in [5.74, 6) is -0.265. The fraction of sp³-hybridized carbons (Fsp3) is 0.471. The van der Waals surface area contributed by atoms with Crippen LogP contribution >= 0.6 is 0 Å². The molecular formula is C17H21FN2O2. The summed E-state index contributed by atoms with van der Waals surface area (Å²) in [6, 6.07) is 6.62. The number of anilines is 1. The van der Waals surface area contributed by atoms with E-state index in [-0.39, 0.29) is 5.82 Å². The van der Waals surface area contributed by atoms with Gasteiger partial charge in [0.25, 0.3) is 0 Å². The third-order valence-corrected chi connectivity index (χ3v) is 4.28. The first-order valence-electron chi connectivity index (χ1n) is 7.54. The third kappa shape index (κ3) is 3.05. The maximum atomic E-state index is 13.6. The molecule has 0 unspecified atom stereocenters. The van der Waals surface area contributed by atoms with E-state index in [9.17, 15) is 9.50 Å². The Balaban J connectivity index is 2.04. The molecule has 1 fully saturated rings. The van der Waals surface area contributed by atoms with Gasteiger partial charge in [-0.2, -0.15) is 0 Å². The zero-order valence-corrected chi connectivity index (χ0v) is 13.0. The Morgan fingerprint density at radius 2 is 2.05 bits per heavy atom. The van der Waals surface area contributed by atoms with Gasteiger partial charge in [-0.15, -0.1) is 0 Å². The molecule has 0 amide bonds. The standard InChI is InChI=1S/C17H21FN2O2/c1-17(21)5-7-20(8-6-17)16-10-13(11-22-2)19-15-4-3-12(18)9-14(15)16/h3-4,9-10,21H,5-8,11H2,1-2H3. The summed E-state index contributed by atoms with van der Waals surface area (Å²) in [4.78, 5) is 6.72. The molecule has 1 N–H and O–H groups in total. The highest BCUT2D eigenvalue weighted by molar-refractivity contribution is 5.92. The van der Waals surface area contributed by atoms with E-state index in [4.69, 9.17) is 4.74 Å². The maximum Gasteiger partial charge on any atom is 0.124 e. The van der Waals surface area contributed by atoms with Gasteiger partial charge in [0.2, 0.25) is 0 Å². The number of rotatable bonds is 3. The summed E-state index contributed by atoms with van der Waals surface area (Å²) in [6.07, 6.45) is 1.40. The van der Waals surface area contributed by atoms with Crippen LogP contribution in [0.4, 0.5) is 10.1 Å². The predicted molar refractivity (Wildman–Crippen MR) is 84.5 cm³/mol. The highest BCUT2D eigenvalue weighted by atomic mass is 19.1. The number of methoxy groups -OCH3 is 1. The molecular weight excluding hydrogens is 283 g/mol. The van der Waals surface area contributed by atoms with Crippen molar-refractivity contribution in [2.24, 2.45) is 0 Å². The number of hydrogen-bond acceptors (Lipinski definition) is 4. The van der Waals surface area contributed by atoms with Crippen LogP contribution in [-0.4, -0.2) is 35.9 Å². The van der Waals surface area contributed by atoms with Crippen LogP contribution in [0.2, 0.25) is 0 Å². The van der Waals surface area contributed by atoms with Gasteiger partial charge in [0, 0.05) is 31.3 Å². The topological polar surface area (TPSA) is 45.6 Å². The molecule has 0 radical (unpaired) electrons. The molecule has 22 heavy (non-hydrogen) atoms. The zero-order chi connectivity index (χ0) is 15.7. The Labute approximate surface area is 129 Å². The van der Waals surface area contributed by atoms with Crippen LogP contribution in [0.3, 0.4) is 0 Å². The second kappa shape index (κ2) is 5.82. The molecule has 1 saturated heterocycles. The third-order valence-electron chi connectivity index (χ3n) is 4.28. The molecule has 4 nitrogen and oxygen atoms in total. The van der Waals surface area contributed by atoms with Crippen LogP contribution in [0, 0.1) is 5.82 Å². The molecule has 0 bridgehead atoms. The molecule has 0 spiro atoms. The number of aromatic nitrogens is 1. The molecule has 0 atom stereocenters. The number of fused-ring (bicyclic) bond motifs is 1. The molecule has 0 aliphatic carbocycles. The van der Waals surface area contributed by atoms with Gasteiger partial charge in [-0.1, -0.05) is 0 Å². The van der Waals surface area contributed by atoms with Gasteiger partial charge < -0.3 is 14.7 Å². The smallest absolute Gasteiger partial charge is 0.124 e. The summed E-state index contributed by atoms with van der Waals surface area (Å²) in [7, 11) is 1.63. The molecule has 3 rings (SSSR count). The van der Waals surface area contributed by atoms with Crippen LogP contribution < -0.4 is 4.90 Å². The second-order valence-corrected chi connectivity index (χ2v) is 6.21. The Bertz CT molecular complexity index is 678. The minimum atomic E-state index is -0.611. The normalized spacial score (nSPS) is 17.9. The molecule has 118 valence electrons. The van der Waals surface area contributed by atoms with Gasteiger partial charge in [-0.25, -0.2) is 4.39 Å². The van der Waals surface area contributed by atoms with Crippen LogP contribution in [-0.2, 0) is 11.3 Å². The first kappa shape index (κ1) is 15.2. The van der Waals surface area contributed by atoms with Crippen molar-refractivity contribution >= 4 is 16.6 Å². The average Bonchev–Trinajstić information content (AvgIpc) is 2.47. The minimum Gasteiger partial charge on any atom is -0.390 e. The molecule has 1 aliphatic heterocycles.